The Morgan fingerprint density at radius 2 is 1.56 bits per heavy atom. The lowest BCUT2D eigenvalue weighted by atomic mass is 9.85. The molecular weight excluding hydrogens is 442 g/mol. The normalized spacial score (nSPS) is 16.9. The average Bonchev–Trinajstić information content (AvgIpc) is 3.55. The second-order valence-corrected chi connectivity index (χ2v) is 10.1. The molecule has 0 saturated carbocycles. The van der Waals surface area contributed by atoms with Crippen molar-refractivity contribution in [1.82, 2.24) is 4.90 Å². The molecule has 1 fully saturated rings. The molecule has 0 spiro atoms. The van der Waals surface area contributed by atoms with E-state index in [1.165, 1.54) is 69.9 Å². The molecular formula is C33H29NO2. The summed E-state index contributed by atoms with van der Waals surface area (Å²) in [6.07, 6.45) is 2.62. The fourth-order valence-electron chi connectivity index (χ4n) is 6.26. The van der Waals surface area contributed by atoms with E-state index < -0.39 is 0 Å². The van der Waals surface area contributed by atoms with Crippen molar-refractivity contribution in [3.05, 3.63) is 108 Å². The van der Waals surface area contributed by atoms with Gasteiger partial charge >= 0.3 is 0 Å². The fraction of sp³-hybridized carbons (Fsp3) is 0.212. The largest absolute Gasteiger partial charge is 0.508 e. The third-order valence-electron chi connectivity index (χ3n) is 7.96. The first-order valence-corrected chi connectivity index (χ1v) is 13.0. The first-order valence-electron chi connectivity index (χ1n) is 13.0. The molecule has 1 saturated heterocycles. The van der Waals surface area contributed by atoms with Gasteiger partial charge in [-0.2, -0.15) is 0 Å². The summed E-state index contributed by atoms with van der Waals surface area (Å²) in [5, 5.41) is 14.9. The molecule has 1 heterocycles. The highest BCUT2D eigenvalue weighted by molar-refractivity contribution is 6.13. The van der Waals surface area contributed by atoms with E-state index in [0.717, 1.165) is 24.3 Å². The molecule has 1 unspecified atom stereocenters. The Morgan fingerprint density at radius 3 is 2.42 bits per heavy atom. The summed E-state index contributed by atoms with van der Waals surface area (Å²) in [7, 11) is 0. The fourth-order valence-corrected chi connectivity index (χ4v) is 6.26. The summed E-state index contributed by atoms with van der Waals surface area (Å²) in [6, 6.07) is 32.0. The van der Waals surface area contributed by atoms with E-state index in [-0.39, 0.29) is 5.92 Å². The van der Waals surface area contributed by atoms with Gasteiger partial charge in [0.2, 0.25) is 0 Å². The van der Waals surface area contributed by atoms with Gasteiger partial charge in [-0.05, 0) is 99.6 Å². The van der Waals surface area contributed by atoms with Gasteiger partial charge < -0.3 is 9.84 Å². The van der Waals surface area contributed by atoms with Gasteiger partial charge in [0.1, 0.15) is 18.1 Å². The zero-order valence-electron chi connectivity index (χ0n) is 20.3. The third kappa shape index (κ3) is 3.54. The highest BCUT2D eigenvalue weighted by atomic mass is 16.5. The van der Waals surface area contributed by atoms with Gasteiger partial charge in [-0.1, -0.05) is 66.7 Å². The van der Waals surface area contributed by atoms with Crippen molar-refractivity contribution in [2.24, 2.45) is 0 Å². The molecule has 0 bridgehead atoms. The van der Waals surface area contributed by atoms with Crippen LogP contribution in [0.4, 0.5) is 0 Å². The molecule has 0 radical (unpaired) electrons. The van der Waals surface area contributed by atoms with Crippen LogP contribution in [0.5, 0.6) is 11.5 Å². The number of benzene rings is 5. The van der Waals surface area contributed by atoms with Gasteiger partial charge in [0.15, 0.2) is 0 Å². The van der Waals surface area contributed by atoms with Crippen LogP contribution in [-0.2, 0) is 0 Å². The summed E-state index contributed by atoms with van der Waals surface area (Å²) < 4.78 is 6.10. The Morgan fingerprint density at radius 1 is 0.778 bits per heavy atom. The van der Waals surface area contributed by atoms with E-state index in [9.17, 15) is 5.11 Å². The van der Waals surface area contributed by atoms with Crippen LogP contribution < -0.4 is 4.74 Å². The maximum absolute atomic E-state index is 10.1. The molecule has 3 heteroatoms. The second kappa shape index (κ2) is 8.69. The number of fused-ring (bicyclic) bond motifs is 7. The quantitative estimate of drug-likeness (QED) is 0.267. The van der Waals surface area contributed by atoms with Gasteiger partial charge in [-0.25, -0.2) is 0 Å². The SMILES string of the molecule is Oc1ccc2c(ccc3ccc4c(c32)C(c2ccc(OCCN3CCCC3)cc2)c2ccccc2-4)c1. The lowest BCUT2D eigenvalue weighted by Crippen LogP contribution is -2.25. The summed E-state index contributed by atoms with van der Waals surface area (Å²) >= 11 is 0. The number of aromatic hydroxyl groups is 1. The number of nitrogens with zero attached hydrogens (tertiary/aromatic N) is 1. The highest BCUT2D eigenvalue weighted by Gasteiger charge is 2.32. The van der Waals surface area contributed by atoms with Crippen LogP contribution in [0, 0.1) is 0 Å². The molecule has 36 heavy (non-hydrogen) atoms. The molecule has 2 aliphatic rings. The Kier molecular flexibility index (Phi) is 5.18. The molecule has 7 rings (SSSR count). The summed E-state index contributed by atoms with van der Waals surface area (Å²) in [5.41, 5.74) is 6.58. The molecule has 0 aromatic heterocycles. The molecule has 1 N–H and O–H groups in total. The monoisotopic (exact) mass is 471 g/mol. The number of hydrogen-bond acceptors (Lipinski definition) is 3. The maximum Gasteiger partial charge on any atom is 0.119 e. The van der Waals surface area contributed by atoms with Crippen molar-refractivity contribution in [3.8, 4) is 22.6 Å². The molecule has 5 aromatic carbocycles. The van der Waals surface area contributed by atoms with Gasteiger partial charge in [-0.3, -0.25) is 4.90 Å². The minimum absolute atomic E-state index is 0.151. The Bertz CT molecular complexity index is 1580. The predicted octanol–water partition coefficient (Wildman–Crippen LogP) is 7.33. The van der Waals surface area contributed by atoms with E-state index >= 15 is 0 Å². The summed E-state index contributed by atoms with van der Waals surface area (Å²) in [5.74, 6) is 1.39. The van der Waals surface area contributed by atoms with Crippen LogP contribution in [0.3, 0.4) is 0 Å². The Balaban J connectivity index is 1.31. The lowest BCUT2D eigenvalue weighted by molar-refractivity contribution is 0.238. The van der Waals surface area contributed by atoms with Crippen molar-refractivity contribution in [2.75, 3.05) is 26.2 Å². The third-order valence-corrected chi connectivity index (χ3v) is 7.96. The zero-order chi connectivity index (χ0) is 24.1. The van der Waals surface area contributed by atoms with Gasteiger partial charge in [0.25, 0.3) is 0 Å². The summed E-state index contributed by atoms with van der Waals surface area (Å²) in [6.45, 7) is 4.13. The molecule has 1 atom stereocenters. The van der Waals surface area contributed by atoms with Crippen LogP contribution in [-0.4, -0.2) is 36.2 Å². The van der Waals surface area contributed by atoms with E-state index in [1.807, 2.05) is 6.07 Å². The first kappa shape index (κ1) is 21.5. The Labute approximate surface area is 211 Å². The first-order chi connectivity index (χ1) is 17.8. The topological polar surface area (TPSA) is 32.7 Å². The van der Waals surface area contributed by atoms with Crippen LogP contribution in [0.15, 0.2) is 91.0 Å². The van der Waals surface area contributed by atoms with Crippen molar-refractivity contribution in [3.63, 3.8) is 0 Å². The molecule has 178 valence electrons. The van der Waals surface area contributed by atoms with Crippen LogP contribution in [0.1, 0.15) is 35.4 Å². The van der Waals surface area contributed by atoms with Gasteiger partial charge in [0, 0.05) is 12.5 Å². The minimum atomic E-state index is 0.151. The van der Waals surface area contributed by atoms with E-state index in [0.29, 0.717) is 5.75 Å². The van der Waals surface area contributed by atoms with Crippen molar-refractivity contribution in [1.29, 1.82) is 0 Å². The maximum atomic E-state index is 10.1. The number of likely N-dealkylation sites (tertiary alicyclic amines) is 1. The van der Waals surface area contributed by atoms with Crippen molar-refractivity contribution in [2.45, 2.75) is 18.8 Å². The zero-order valence-corrected chi connectivity index (χ0v) is 20.3. The molecule has 3 nitrogen and oxygen atoms in total. The highest BCUT2D eigenvalue weighted by Crippen LogP contribution is 2.52. The number of ether oxygens (including phenoxy) is 1. The van der Waals surface area contributed by atoms with Crippen LogP contribution in [0.25, 0.3) is 32.7 Å². The van der Waals surface area contributed by atoms with Crippen LogP contribution in [0.2, 0.25) is 0 Å². The van der Waals surface area contributed by atoms with Crippen molar-refractivity contribution >= 4 is 21.5 Å². The molecule has 1 aliphatic heterocycles. The number of phenolic OH excluding ortho intramolecular Hbond substituents is 1. The predicted molar refractivity (Wildman–Crippen MR) is 147 cm³/mol. The summed E-state index contributed by atoms with van der Waals surface area (Å²) in [4.78, 5) is 2.48. The van der Waals surface area contributed by atoms with E-state index in [2.05, 4.69) is 83.8 Å². The van der Waals surface area contributed by atoms with E-state index in [1.54, 1.807) is 6.07 Å². The number of hydrogen-bond donors (Lipinski definition) is 1. The number of rotatable bonds is 5. The molecule has 0 amide bonds. The van der Waals surface area contributed by atoms with Gasteiger partial charge in [0.05, 0.1) is 0 Å². The second-order valence-electron chi connectivity index (χ2n) is 10.1. The smallest absolute Gasteiger partial charge is 0.119 e. The van der Waals surface area contributed by atoms with Crippen LogP contribution >= 0.6 is 0 Å². The molecule has 5 aromatic rings. The van der Waals surface area contributed by atoms with E-state index in [4.69, 9.17) is 4.74 Å². The average molecular weight is 472 g/mol. The Hall–Kier alpha value is -3.82. The minimum Gasteiger partial charge on any atom is -0.508 e. The standard InChI is InChI=1S/C33H29NO2/c35-25-12-16-27-24(21-25)8-7-22-11-15-30-28-5-1-2-6-29(28)32(33(30)31(22)27)23-9-13-26(14-10-23)36-20-19-34-17-3-4-18-34/h1-2,5-16,21,32,35H,3-4,17-20H2. The van der Waals surface area contributed by atoms with Gasteiger partial charge in [-0.15, -0.1) is 0 Å². The lowest BCUT2D eigenvalue weighted by Gasteiger charge is -2.19. The number of phenols is 1. The van der Waals surface area contributed by atoms with Crippen molar-refractivity contribution < 1.29 is 9.84 Å². The molecule has 1 aliphatic carbocycles.